The Kier molecular flexibility index (Phi) is 8.59. The van der Waals surface area contributed by atoms with Crippen LogP contribution in [0.25, 0.3) is 0 Å². The molecule has 0 spiro atoms. The minimum absolute atomic E-state index is 0.0245. The molecule has 0 aliphatic carbocycles. The van der Waals surface area contributed by atoms with Gasteiger partial charge in [0.15, 0.2) is 5.17 Å². The second-order valence-corrected chi connectivity index (χ2v) is 11.3. The molecule has 0 bridgehead atoms. The van der Waals surface area contributed by atoms with Crippen LogP contribution in [0.2, 0.25) is 0 Å². The van der Waals surface area contributed by atoms with Crippen LogP contribution in [0.15, 0.2) is 63.6 Å². The van der Waals surface area contributed by atoms with Gasteiger partial charge in [0.25, 0.3) is 0 Å². The normalized spacial score (nSPS) is 20.1. The summed E-state index contributed by atoms with van der Waals surface area (Å²) in [5.74, 6) is 0.0550. The van der Waals surface area contributed by atoms with E-state index >= 15 is 0 Å². The minimum Gasteiger partial charge on any atom is -0.497 e. The first-order chi connectivity index (χ1) is 17.8. The number of rotatable bonds is 8. The van der Waals surface area contributed by atoms with Gasteiger partial charge in [0.1, 0.15) is 11.0 Å². The first-order valence-electron chi connectivity index (χ1n) is 11.5. The molecule has 196 valence electrons. The van der Waals surface area contributed by atoms with Gasteiger partial charge in [0.2, 0.25) is 21.8 Å². The van der Waals surface area contributed by atoms with E-state index in [1.54, 1.807) is 50.4 Å². The molecule has 13 heteroatoms. The van der Waals surface area contributed by atoms with E-state index < -0.39 is 15.3 Å². The molecule has 0 saturated carbocycles. The number of ether oxygens (including phenoxy) is 2. The molecule has 2 aromatic rings. The molecule has 0 radical (unpaired) electrons. The lowest BCUT2D eigenvalue weighted by atomic mass is 10.1. The summed E-state index contributed by atoms with van der Waals surface area (Å²) in [7, 11) is -2.02. The predicted octanol–water partition coefficient (Wildman–Crippen LogP) is 2.06. The van der Waals surface area contributed by atoms with Crippen molar-refractivity contribution in [2.45, 2.75) is 23.5 Å². The third-order valence-electron chi connectivity index (χ3n) is 5.69. The second-order valence-electron chi connectivity index (χ2n) is 8.21. The van der Waals surface area contributed by atoms with Gasteiger partial charge >= 0.3 is 0 Å². The van der Waals surface area contributed by atoms with Crippen molar-refractivity contribution in [1.29, 1.82) is 0 Å². The molecule has 2 aliphatic rings. The standard InChI is InChI=1S/C24H27N5O6S2/c1-16(17-3-9-20(10-4-17)37(32,33)29-11-13-35-14-12-29)27-28-24-26-23(31)21(36-24)15-22(30)25-18-5-7-19(34-2)8-6-18/h3-10,21H,11-15H2,1-2H3,(H,25,30)(H,26,28,31). The SMILES string of the molecule is COc1ccc(NC(=O)CC2SC(=NN=C(C)c3ccc(S(=O)(=O)N4CCOCC4)cc3)NC2=O)cc1. The van der Waals surface area contributed by atoms with Gasteiger partial charge in [0.05, 0.1) is 30.9 Å². The van der Waals surface area contributed by atoms with Crippen LogP contribution in [0.5, 0.6) is 5.75 Å². The Bertz CT molecular complexity index is 1300. The fourth-order valence-electron chi connectivity index (χ4n) is 3.62. The number of carbonyl (C=O) groups is 2. The topological polar surface area (TPSA) is 139 Å². The molecular weight excluding hydrogens is 518 g/mol. The van der Waals surface area contributed by atoms with Gasteiger partial charge in [-0.1, -0.05) is 23.9 Å². The lowest BCUT2D eigenvalue weighted by Crippen LogP contribution is -2.40. The van der Waals surface area contributed by atoms with Crippen LogP contribution in [0, 0.1) is 0 Å². The van der Waals surface area contributed by atoms with E-state index in [4.69, 9.17) is 9.47 Å². The van der Waals surface area contributed by atoms with Crippen LogP contribution in [0.4, 0.5) is 5.69 Å². The molecule has 2 fully saturated rings. The fraction of sp³-hybridized carbons (Fsp3) is 0.333. The number of thioether (sulfide) groups is 1. The number of amidine groups is 1. The number of sulfonamides is 1. The van der Waals surface area contributed by atoms with E-state index in [0.29, 0.717) is 49.0 Å². The third-order valence-corrected chi connectivity index (χ3v) is 8.68. The molecular formula is C24H27N5O6S2. The predicted molar refractivity (Wildman–Crippen MR) is 141 cm³/mol. The van der Waals surface area contributed by atoms with E-state index in [-0.39, 0.29) is 28.3 Å². The van der Waals surface area contributed by atoms with Crippen molar-refractivity contribution in [3.63, 3.8) is 0 Å². The first kappa shape index (κ1) is 26.8. The van der Waals surface area contributed by atoms with Gasteiger partial charge in [-0.25, -0.2) is 8.42 Å². The highest BCUT2D eigenvalue weighted by Gasteiger charge is 2.32. The highest BCUT2D eigenvalue weighted by molar-refractivity contribution is 8.15. The Morgan fingerprint density at radius 2 is 1.84 bits per heavy atom. The van der Waals surface area contributed by atoms with Gasteiger partial charge in [-0.3, -0.25) is 9.59 Å². The number of methoxy groups -OCH3 is 1. The Balaban J connectivity index is 1.34. The zero-order valence-corrected chi connectivity index (χ0v) is 22.0. The summed E-state index contributed by atoms with van der Waals surface area (Å²) in [6.07, 6.45) is -0.0245. The molecule has 2 heterocycles. The molecule has 2 amide bonds. The van der Waals surface area contributed by atoms with Gasteiger partial charge in [-0.15, -0.1) is 5.10 Å². The number of benzene rings is 2. The third kappa shape index (κ3) is 6.74. The first-order valence-corrected chi connectivity index (χ1v) is 13.8. The van der Waals surface area contributed by atoms with Crippen molar-refractivity contribution in [3.05, 3.63) is 54.1 Å². The summed E-state index contributed by atoms with van der Waals surface area (Å²) >= 11 is 1.13. The minimum atomic E-state index is -3.58. The number of carbonyl (C=O) groups excluding carboxylic acids is 2. The molecule has 2 aliphatic heterocycles. The molecule has 2 aromatic carbocycles. The van der Waals surface area contributed by atoms with Crippen molar-refractivity contribution < 1.29 is 27.5 Å². The number of nitrogens with zero attached hydrogens (tertiary/aromatic N) is 3. The number of amides is 2. The van der Waals surface area contributed by atoms with E-state index in [1.807, 2.05) is 0 Å². The van der Waals surface area contributed by atoms with Crippen LogP contribution in [0.1, 0.15) is 18.9 Å². The van der Waals surface area contributed by atoms with Crippen molar-refractivity contribution >= 4 is 50.2 Å². The van der Waals surface area contributed by atoms with Crippen molar-refractivity contribution in [3.8, 4) is 5.75 Å². The lowest BCUT2D eigenvalue weighted by molar-refractivity contribution is -0.122. The van der Waals surface area contributed by atoms with Crippen molar-refractivity contribution in [2.75, 3.05) is 38.7 Å². The Hall–Kier alpha value is -3.26. The van der Waals surface area contributed by atoms with Crippen LogP contribution in [-0.2, 0) is 24.3 Å². The molecule has 2 saturated heterocycles. The monoisotopic (exact) mass is 545 g/mol. The van der Waals surface area contributed by atoms with Crippen LogP contribution in [-0.4, -0.2) is 74.1 Å². The maximum Gasteiger partial charge on any atom is 0.243 e. The Morgan fingerprint density at radius 3 is 2.49 bits per heavy atom. The van der Waals surface area contributed by atoms with Crippen LogP contribution in [0.3, 0.4) is 0 Å². The van der Waals surface area contributed by atoms with E-state index in [9.17, 15) is 18.0 Å². The summed E-state index contributed by atoms with van der Waals surface area (Å²) in [5, 5.41) is 13.3. The Morgan fingerprint density at radius 1 is 1.16 bits per heavy atom. The molecule has 2 N–H and O–H groups in total. The molecule has 0 aromatic heterocycles. The van der Waals surface area contributed by atoms with Crippen molar-refractivity contribution in [1.82, 2.24) is 9.62 Å². The quantitative estimate of drug-likeness (QED) is 0.382. The average Bonchev–Trinajstić information content (AvgIpc) is 3.26. The summed E-state index contributed by atoms with van der Waals surface area (Å²) in [6, 6.07) is 13.3. The highest BCUT2D eigenvalue weighted by atomic mass is 32.2. The summed E-state index contributed by atoms with van der Waals surface area (Å²) in [6.45, 7) is 3.15. The summed E-state index contributed by atoms with van der Waals surface area (Å²) in [4.78, 5) is 24.9. The van der Waals surface area contributed by atoms with Crippen LogP contribution < -0.4 is 15.4 Å². The number of hydrogen-bond donors (Lipinski definition) is 2. The van der Waals surface area contributed by atoms with Gasteiger partial charge < -0.3 is 20.1 Å². The number of morpholine rings is 1. The van der Waals surface area contributed by atoms with E-state index in [1.165, 1.54) is 16.4 Å². The zero-order valence-electron chi connectivity index (χ0n) is 20.3. The van der Waals surface area contributed by atoms with Crippen molar-refractivity contribution in [2.24, 2.45) is 10.2 Å². The number of hydrogen-bond acceptors (Lipinski definition) is 9. The molecule has 4 rings (SSSR count). The highest BCUT2D eigenvalue weighted by Crippen LogP contribution is 2.24. The number of nitrogens with one attached hydrogen (secondary N) is 2. The maximum absolute atomic E-state index is 12.8. The van der Waals surface area contributed by atoms with Gasteiger partial charge in [0, 0.05) is 25.2 Å². The van der Waals surface area contributed by atoms with Gasteiger partial charge in [-0.05, 0) is 48.9 Å². The Labute approximate surface area is 219 Å². The summed E-state index contributed by atoms with van der Waals surface area (Å²) < 4.78 is 37.3. The van der Waals surface area contributed by atoms with E-state index in [0.717, 1.165) is 11.8 Å². The molecule has 1 atom stereocenters. The number of anilines is 1. The fourth-order valence-corrected chi connectivity index (χ4v) is 5.95. The molecule has 37 heavy (non-hydrogen) atoms. The smallest absolute Gasteiger partial charge is 0.243 e. The molecule has 11 nitrogen and oxygen atoms in total. The summed E-state index contributed by atoms with van der Waals surface area (Å²) in [5.41, 5.74) is 1.83. The lowest BCUT2D eigenvalue weighted by Gasteiger charge is -2.26. The van der Waals surface area contributed by atoms with Crippen LogP contribution >= 0.6 is 11.8 Å². The maximum atomic E-state index is 12.8. The largest absolute Gasteiger partial charge is 0.497 e. The van der Waals surface area contributed by atoms with E-state index in [2.05, 4.69) is 20.8 Å². The second kappa shape index (κ2) is 11.9. The zero-order chi connectivity index (χ0) is 26.4. The average molecular weight is 546 g/mol. The van der Waals surface area contributed by atoms with Gasteiger partial charge in [-0.2, -0.15) is 9.41 Å². The molecule has 1 unspecified atom stereocenters.